The number of carbonyl (C=O) groups is 1. The van der Waals surface area contributed by atoms with E-state index in [1.807, 2.05) is 32.9 Å². The molecule has 0 radical (unpaired) electrons. The van der Waals surface area contributed by atoms with E-state index in [-0.39, 0.29) is 11.8 Å². The van der Waals surface area contributed by atoms with Gasteiger partial charge in [0.15, 0.2) is 0 Å². The van der Waals surface area contributed by atoms with E-state index < -0.39 is 0 Å². The van der Waals surface area contributed by atoms with Gasteiger partial charge in [0.1, 0.15) is 0 Å². The molecule has 3 nitrogen and oxygen atoms in total. The topological polar surface area (TPSA) is 49.3 Å². The summed E-state index contributed by atoms with van der Waals surface area (Å²) in [6.07, 6.45) is 9.79. The van der Waals surface area contributed by atoms with Crippen LogP contribution in [0, 0.1) is 29.6 Å². The first-order valence-corrected chi connectivity index (χ1v) is 15.8. The van der Waals surface area contributed by atoms with Crippen LogP contribution in [0.25, 0.3) is 5.57 Å². The lowest BCUT2D eigenvalue weighted by molar-refractivity contribution is -0.122. The van der Waals surface area contributed by atoms with Crippen molar-refractivity contribution in [2.45, 2.75) is 101 Å². The maximum atomic E-state index is 10.6. The molecule has 0 bridgehead atoms. The lowest BCUT2D eigenvalue weighted by Gasteiger charge is -2.18. The van der Waals surface area contributed by atoms with Gasteiger partial charge in [-0.2, -0.15) is 0 Å². The molecule has 0 spiro atoms. The second-order valence-electron chi connectivity index (χ2n) is 10.3. The molecule has 1 saturated carbocycles. The highest BCUT2D eigenvalue weighted by molar-refractivity contribution is 5.79. The van der Waals surface area contributed by atoms with Crippen molar-refractivity contribution in [2.75, 3.05) is 14.2 Å². The van der Waals surface area contributed by atoms with Gasteiger partial charge in [-0.05, 0) is 60.6 Å². The van der Waals surface area contributed by atoms with Crippen LogP contribution in [0.5, 0.6) is 0 Å². The molecular weight excluding hydrogens is 514 g/mol. The summed E-state index contributed by atoms with van der Waals surface area (Å²) in [6, 6.07) is 16.6. The minimum Gasteiger partial charge on any atom is -0.400 e. The zero-order chi connectivity index (χ0) is 32.9. The average molecular weight is 578 g/mol. The number of carbonyl (C=O) groups excluding carboxylic acids is 1. The SMILES string of the molecule is C=C(C)c1ccc(C#Cc2ccc(CC)cc2)cc1.C=CC(C)C(=O)NC.CC.CC1CCC1.CCC(C)CC.CO. The van der Waals surface area contributed by atoms with E-state index in [0.717, 1.165) is 47.6 Å². The van der Waals surface area contributed by atoms with Crippen molar-refractivity contribution in [1.82, 2.24) is 5.32 Å². The van der Waals surface area contributed by atoms with Crippen LogP contribution < -0.4 is 5.32 Å². The van der Waals surface area contributed by atoms with Crippen LogP contribution >= 0.6 is 0 Å². The molecule has 3 rings (SSSR count). The standard InChI is InChI=1S/C19H18.C6H11NO.C6H14.C5H10.C2H6.CH4O/c1-4-16-5-7-17(8-6-16)9-10-18-11-13-19(14-12-18)15(2)3;1-4-5(2)6(8)7-3;1-4-6(3)5-2;1-5-3-2-4-5;2*1-2/h5-8,11-14H,2,4H2,1,3H3;4-5H,1H2,2-3H3,(H,7,8);6H,4-5H2,1-3H3;5H,2-4H2,1H3;1-2H3;2H,1H3. The molecule has 1 aliphatic rings. The Balaban J connectivity index is -0.000000546. The van der Waals surface area contributed by atoms with Crippen molar-refractivity contribution >= 4 is 11.5 Å². The molecule has 1 amide bonds. The van der Waals surface area contributed by atoms with Crippen LogP contribution in [-0.4, -0.2) is 25.2 Å². The van der Waals surface area contributed by atoms with Gasteiger partial charge < -0.3 is 10.4 Å². The first-order valence-electron chi connectivity index (χ1n) is 15.8. The third-order valence-electron chi connectivity index (χ3n) is 6.89. The lowest BCUT2D eigenvalue weighted by atomic mass is 9.88. The van der Waals surface area contributed by atoms with Gasteiger partial charge in [-0.15, -0.1) is 6.58 Å². The first-order chi connectivity index (χ1) is 20.1. The van der Waals surface area contributed by atoms with Gasteiger partial charge in [0.2, 0.25) is 5.91 Å². The second-order valence-corrected chi connectivity index (χ2v) is 10.3. The number of hydrogen-bond donors (Lipinski definition) is 2. The first kappa shape index (κ1) is 43.4. The maximum absolute atomic E-state index is 10.6. The van der Waals surface area contributed by atoms with Crippen molar-refractivity contribution in [1.29, 1.82) is 0 Å². The minimum absolute atomic E-state index is 0.0139. The van der Waals surface area contributed by atoms with Crippen LogP contribution in [0.2, 0.25) is 0 Å². The number of hydrogen-bond acceptors (Lipinski definition) is 2. The zero-order valence-electron chi connectivity index (χ0n) is 28.9. The lowest BCUT2D eigenvalue weighted by Crippen LogP contribution is -2.23. The van der Waals surface area contributed by atoms with Crippen LogP contribution in [0.15, 0.2) is 67.8 Å². The fourth-order valence-electron chi connectivity index (χ4n) is 3.04. The largest absolute Gasteiger partial charge is 0.400 e. The highest BCUT2D eigenvalue weighted by atomic mass is 16.2. The van der Waals surface area contributed by atoms with E-state index >= 15 is 0 Å². The minimum atomic E-state index is -0.0694. The average Bonchev–Trinajstić information content (AvgIpc) is 3.04. The maximum Gasteiger partial charge on any atom is 0.226 e. The van der Waals surface area contributed by atoms with Crippen LogP contribution in [0.3, 0.4) is 0 Å². The van der Waals surface area contributed by atoms with E-state index in [2.05, 4.69) is 101 Å². The number of nitrogens with one attached hydrogen (secondary N) is 1. The highest BCUT2D eigenvalue weighted by Gasteiger charge is 2.09. The summed E-state index contributed by atoms with van der Waals surface area (Å²) in [5.74, 6) is 8.32. The molecule has 1 atom stereocenters. The Kier molecular flexibility index (Phi) is 30.4. The molecule has 1 aliphatic carbocycles. The van der Waals surface area contributed by atoms with Crippen molar-refractivity contribution < 1.29 is 9.90 Å². The van der Waals surface area contributed by atoms with E-state index in [4.69, 9.17) is 5.11 Å². The Morgan fingerprint density at radius 3 is 1.57 bits per heavy atom. The van der Waals surface area contributed by atoms with E-state index in [1.165, 1.54) is 37.7 Å². The number of aliphatic hydroxyl groups is 1. The van der Waals surface area contributed by atoms with Gasteiger partial charge in [0, 0.05) is 25.3 Å². The number of aliphatic hydroxyl groups excluding tert-OH is 1. The van der Waals surface area contributed by atoms with Crippen molar-refractivity contribution in [3.05, 3.63) is 90.0 Å². The predicted octanol–water partition coefficient (Wildman–Crippen LogP) is 10.1. The quantitative estimate of drug-likeness (QED) is 0.265. The van der Waals surface area contributed by atoms with Crippen molar-refractivity contribution in [3.63, 3.8) is 0 Å². The normalized spacial score (nSPS) is 11.5. The molecule has 0 saturated heterocycles. The molecule has 0 heterocycles. The fourth-order valence-corrected chi connectivity index (χ4v) is 3.04. The fraction of sp³-hybridized carbons (Fsp3) is 0.513. The van der Waals surface area contributed by atoms with Gasteiger partial charge in [-0.25, -0.2) is 0 Å². The monoisotopic (exact) mass is 577 g/mol. The number of rotatable bonds is 6. The van der Waals surface area contributed by atoms with Crippen LogP contribution in [0.1, 0.15) is 117 Å². The number of amides is 1. The number of aryl methyl sites for hydroxylation is 1. The van der Waals surface area contributed by atoms with Crippen LogP contribution in [0.4, 0.5) is 0 Å². The third-order valence-corrected chi connectivity index (χ3v) is 6.89. The Bertz CT molecular complexity index is 985. The van der Waals surface area contributed by atoms with Gasteiger partial charge in [-0.1, -0.05) is 142 Å². The van der Waals surface area contributed by atoms with Gasteiger partial charge in [0.05, 0.1) is 5.92 Å². The third kappa shape index (κ3) is 22.6. The molecule has 1 unspecified atom stereocenters. The van der Waals surface area contributed by atoms with Crippen molar-refractivity contribution in [2.24, 2.45) is 17.8 Å². The second kappa shape index (κ2) is 29.4. The summed E-state index contributed by atoms with van der Waals surface area (Å²) in [5.41, 5.74) is 5.68. The van der Waals surface area contributed by atoms with Crippen molar-refractivity contribution in [3.8, 4) is 11.8 Å². The molecule has 236 valence electrons. The molecule has 2 aromatic rings. The summed E-state index contributed by atoms with van der Waals surface area (Å²) in [6.45, 7) is 26.4. The molecule has 0 aromatic heterocycles. The molecule has 0 aliphatic heterocycles. The number of benzene rings is 2. The molecule has 1 fully saturated rings. The number of allylic oxidation sites excluding steroid dienone is 1. The molecule has 2 aromatic carbocycles. The van der Waals surface area contributed by atoms with E-state index in [1.54, 1.807) is 20.0 Å². The van der Waals surface area contributed by atoms with Crippen LogP contribution in [-0.2, 0) is 11.2 Å². The summed E-state index contributed by atoms with van der Waals surface area (Å²) in [5, 5.41) is 9.51. The summed E-state index contributed by atoms with van der Waals surface area (Å²) in [4.78, 5) is 10.6. The van der Waals surface area contributed by atoms with Gasteiger partial charge >= 0.3 is 0 Å². The Morgan fingerprint density at radius 1 is 0.952 bits per heavy atom. The summed E-state index contributed by atoms with van der Waals surface area (Å²) < 4.78 is 0. The summed E-state index contributed by atoms with van der Waals surface area (Å²) in [7, 11) is 2.61. The molecular formula is C39H63NO2. The Morgan fingerprint density at radius 2 is 1.36 bits per heavy atom. The van der Waals surface area contributed by atoms with E-state index in [0.29, 0.717) is 0 Å². The zero-order valence-corrected chi connectivity index (χ0v) is 28.9. The highest BCUT2D eigenvalue weighted by Crippen LogP contribution is 2.24. The smallest absolute Gasteiger partial charge is 0.226 e. The van der Waals surface area contributed by atoms with E-state index in [9.17, 15) is 4.79 Å². The molecule has 42 heavy (non-hydrogen) atoms. The van der Waals surface area contributed by atoms with Gasteiger partial charge in [0.25, 0.3) is 0 Å². The Labute approximate surface area is 260 Å². The van der Waals surface area contributed by atoms with Gasteiger partial charge in [-0.3, -0.25) is 4.79 Å². The Hall–Kier alpha value is -3.09. The predicted molar refractivity (Wildman–Crippen MR) is 189 cm³/mol. The molecule has 3 heteroatoms. The molecule has 2 N–H and O–H groups in total. The summed E-state index contributed by atoms with van der Waals surface area (Å²) >= 11 is 0.